The molecule has 1 atom stereocenters. The van der Waals surface area contributed by atoms with Crippen LogP contribution in [0.1, 0.15) is 21.7 Å². The molecule has 0 fully saturated rings. The molecule has 4 aromatic heterocycles. The van der Waals surface area contributed by atoms with E-state index in [0.717, 1.165) is 11.1 Å². The van der Waals surface area contributed by atoms with Crippen molar-refractivity contribution in [3.63, 3.8) is 0 Å². The molecule has 5 rings (SSSR count). The number of aromatic amines is 1. The minimum Gasteiger partial charge on any atom is -0.443 e. The summed E-state index contributed by atoms with van der Waals surface area (Å²) in [6, 6.07) is 8.72. The number of carbonyl (C=O) groups is 1. The van der Waals surface area contributed by atoms with E-state index in [0.29, 0.717) is 51.4 Å². The maximum Gasteiger partial charge on any atom is 0.257 e. The summed E-state index contributed by atoms with van der Waals surface area (Å²) in [5, 5.41) is 17.9. The van der Waals surface area contributed by atoms with Crippen LogP contribution in [0.3, 0.4) is 0 Å². The SMILES string of the molecule is Cn1cc(C(=O)NCc2ccc(Cl)cc2)c(=O)c2cc(CNCC(O)CSc3ncnc4nc[nH]c34)oc21. The van der Waals surface area contributed by atoms with Crippen molar-refractivity contribution >= 4 is 51.5 Å². The second-order valence-electron chi connectivity index (χ2n) is 8.60. The molecule has 0 bridgehead atoms. The Kier molecular flexibility index (Phi) is 7.74. The molecular weight excluding hydrogens is 530 g/mol. The minimum atomic E-state index is -0.653. The normalized spacial score (nSPS) is 12.3. The number of halogens is 1. The molecular formula is C25H24ClN7O4S. The number of rotatable bonds is 10. The predicted octanol–water partition coefficient (Wildman–Crippen LogP) is 2.62. The second-order valence-corrected chi connectivity index (χ2v) is 10.0. The number of pyridine rings is 1. The van der Waals surface area contributed by atoms with Gasteiger partial charge in [-0.1, -0.05) is 23.7 Å². The van der Waals surface area contributed by atoms with Gasteiger partial charge in [-0.15, -0.1) is 11.8 Å². The summed E-state index contributed by atoms with van der Waals surface area (Å²) >= 11 is 7.30. The zero-order valence-corrected chi connectivity index (χ0v) is 21.8. The van der Waals surface area contributed by atoms with Crippen LogP contribution in [-0.2, 0) is 20.1 Å². The van der Waals surface area contributed by atoms with Crippen molar-refractivity contribution < 1.29 is 14.3 Å². The standard InChI is InChI=1S/C25H24ClN7O4S/c1-33-10-19(23(36)28-7-14-2-4-15(26)5-3-14)21(35)18-6-17(37-25(18)33)9-27-8-16(34)11-38-24-20-22(30-12-29-20)31-13-32-24/h2-6,10,12-13,16,27,34H,7-9,11H2,1H3,(H,28,36)(H,29,30,31,32). The molecule has 1 unspecified atom stereocenters. The highest BCUT2D eigenvalue weighted by molar-refractivity contribution is 7.99. The molecule has 0 saturated carbocycles. The third-order valence-corrected chi connectivity index (χ3v) is 7.17. The molecule has 0 aliphatic carbocycles. The van der Waals surface area contributed by atoms with E-state index < -0.39 is 17.4 Å². The van der Waals surface area contributed by atoms with Gasteiger partial charge < -0.3 is 29.7 Å². The van der Waals surface area contributed by atoms with Gasteiger partial charge in [0.2, 0.25) is 11.1 Å². The topological polar surface area (TPSA) is 151 Å². The number of benzene rings is 1. The van der Waals surface area contributed by atoms with Gasteiger partial charge in [0.15, 0.2) is 5.65 Å². The van der Waals surface area contributed by atoms with Crippen LogP contribution >= 0.6 is 23.4 Å². The molecule has 13 heteroatoms. The lowest BCUT2D eigenvalue weighted by Crippen LogP contribution is -2.29. The molecule has 0 aliphatic heterocycles. The highest BCUT2D eigenvalue weighted by Crippen LogP contribution is 2.22. The molecule has 196 valence electrons. The number of H-pyrrole nitrogens is 1. The van der Waals surface area contributed by atoms with Crippen LogP contribution < -0.4 is 16.1 Å². The number of aliphatic hydroxyl groups is 1. The number of imidazole rings is 1. The summed E-state index contributed by atoms with van der Waals surface area (Å²) in [4.78, 5) is 41.2. The number of aliphatic hydroxyl groups excluding tert-OH is 1. The first-order chi connectivity index (χ1) is 18.4. The summed E-state index contributed by atoms with van der Waals surface area (Å²) in [5.41, 5.74) is 2.16. The molecule has 1 aromatic carbocycles. The Balaban J connectivity index is 1.18. The minimum absolute atomic E-state index is 0.0258. The van der Waals surface area contributed by atoms with E-state index in [4.69, 9.17) is 16.0 Å². The van der Waals surface area contributed by atoms with Crippen molar-refractivity contribution in [2.45, 2.75) is 24.2 Å². The van der Waals surface area contributed by atoms with Gasteiger partial charge in [0.1, 0.15) is 28.2 Å². The largest absolute Gasteiger partial charge is 0.443 e. The molecule has 0 radical (unpaired) electrons. The third kappa shape index (κ3) is 5.73. The number of hydrogen-bond donors (Lipinski definition) is 4. The number of nitrogens with one attached hydrogen (secondary N) is 3. The van der Waals surface area contributed by atoms with Crippen molar-refractivity contribution in [1.82, 2.24) is 35.1 Å². The predicted molar refractivity (Wildman–Crippen MR) is 144 cm³/mol. The number of furan rings is 1. The van der Waals surface area contributed by atoms with Crippen LogP contribution in [0.4, 0.5) is 0 Å². The van der Waals surface area contributed by atoms with Crippen LogP contribution in [-0.4, -0.2) is 53.9 Å². The monoisotopic (exact) mass is 553 g/mol. The van der Waals surface area contributed by atoms with E-state index >= 15 is 0 Å². The molecule has 4 N–H and O–H groups in total. The Morgan fingerprint density at radius 3 is 2.87 bits per heavy atom. The van der Waals surface area contributed by atoms with Crippen LogP contribution in [0.2, 0.25) is 5.02 Å². The van der Waals surface area contributed by atoms with Gasteiger partial charge in [0.25, 0.3) is 5.91 Å². The van der Waals surface area contributed by atoms with E-state index in [-0.39, 0.29) is 12.1 Å². The number of carbonyl (C=O) groups excluding carboxylic acids is 1. The van der Waals surface area contributed by atoms with Crippen molar-refractivity contribution in [3.8, 4) is 0 Å². The van der Waals surface area contributed by atoms with Crippen molar-refractivity contribution in [3.05, 3.63) is 81.3 Å². The number of aromatic nitrogens is 5. The van der Waals surface area contributed by atoms with Crippen molar-refractivity contribution in [1.29, 1.82) is 0 Å². The van der Waals surface area contributed by atoms with E-state index in [1.54, 1.807) is 36.1 Å². The average molecular weight is 554 g/mol. The fourth-order valence-corrected chi connectivity index (χ4v) is 4.90. The van der Waals surface area contributed by atoms with Gasteiger partial charge >= 0.3 is 0 Å². The number of hydrogen-bond acceptors (Lipinski definition) is 9. The van der Waals surface area contributed by atoms with Gasteiger partial charge in [-0.2, -0.15) is 0 Å². The Bertz CT molecular complexity index is 1650. The number of nitrogens with zero attached hydrogens (tertiary/aromatic N) is 4. The number of aryl methyl sites for hydroxylation is 1. The Morgan fingerprint density at radius 1 is 1.24 bits per heavy atom. The average Bonchev–Trinajstić information content (AvgIpc) is 3.57. The lowest BCUT2D eigenvalue weighted by atomic mass is 10.2. The zero-order valence-electron chi connectivity index (χ0n) is 20.3. The maximum atomic E-state index is 13.0. The van der Waals surface area contributed by atoms with Crippen LogP contribution in [0, 0.1) is 0 Å². The van der Waals surface area contributed by atoms with Gasteiger partial charge in [-0.05, 0) is 23.8 Å². The fourth-order valence-electron chi connectivity index (χ4n) is 3.89. The van der Waals surface area contributed by atoms with E-state index in [9.17, 15) is 14.7 Å². The molecule has 0 saturated heterocycles. The van der Waals surface area contributed by atoms with E-state index in [1.807, 2.05) is 12.1 Å². The number of amides is 1. The van der Waals surface area contributed by atoms with Crippen molar-refractivity contribution in [2.24, 2.45) is 7.05 Å². The van der Waals surface area contributed by atoms with Gasteiger partial charge in [-0.25, -0.2) is 15.0 Å². The fraction of sp³-hybridized carbons (Fsp3) is 0.240. The molecule has 4 heterocycles. The van der Waals surface area contributed by atoms with E-state index in [2.05, 4.69) is 30.6 Å². The summed E-state index contributed by atoms with van der Waals surface area (Å²) in [6.45, 7) is 0.866. The summed E-state index contributed by atoms with van der Waals surface area (Å²) in [7, 11) is 1.71. The number of thioether (sulfide) groups is 1. The quantitative estimate of drug-likeness (QED) is 0.151. The summed E-state index contributed by atoms with van der Waals surface area (Å²) < 4.78 is 7.46. The van der Waals surface area contributed by atoms with Gasteiger partial charge in [-0.3, -0.25) is 9.59 Å². The Morgan fingerprint density at radius 2 is 2.05 bits per heavy atom. The third-order valence-electron chi connectivity index (χ3n) is 5.79. The first kappa shape index (κ1) is 25.9. The summed E-state index contributed by atoms with van der Waals surface area (Å²) in [5.74, 6) is 0.452. The molecule has 38 heavy (non-hydrogen) atoms. The van der Waals surface area contributed by atoms with Crippen molar-refractivity contribution in [2.75, 3.05) is 12.3 Å². The van der Waals surface area contributed by atoms with Crippen LogP contribution in [0.5, 0.6) is 0 Å². The Hall–Kier alpha value is -3.71. The molecule has 0 spiro atoms. The van der Waals surface area contributed by atoms with Crippen LogP contribution in [0.15, 0.2) is 63.4 Å². The maximum absolute atomic E-state index is 13.0. The molecule has 5 aromatic rings. The lowest BCUT2D eigenvalue weighted by Gasteiger charge is -2.10. The smallest absolute Gasteiger partial charge is 0.257 e. The lowest BCUT2D eigenvalue weighted by molar-refractivity contribution is 0.0949. The summed E-state index contributed by atoms with van der Waals surface area (Å²) in [6.07, 6.45) is 3.81. The Labute approximate surface area is 225 Å². The van der Waals surface area contributed by atoms with E-state index in [1.165, 1.54) is 24.3 Å². The molecule has 0 aliphatic rings. The zero-order chi connectivity index (χ0) is 26.6. The molecule has 11 nitrogen and oxygen atoms in total. The van der Waals surface area contributed by atoms with Gasteiger partial charge in [0, 0.05) is 37.1 Å². The first-order valence-electron chi connectivity index (χ1n) is 11.7. The second kappa shape index (κ2) is 11.4. The van der Waals surface area contributed by atoms with Gasteiger partial charge in [0.05, 0.1) is 24.4 Å². The number of fused-ring (bicyclic) bond motifs is 2. The highest BCUT2D eigenvalue weighted by Gasteiger charge is 2.18. The first-order valence-corrected chi connectivity index (χ1v) is 13.1. The highest BCUT2D eigenvalue weighted by atomic mass is 35.5. The van der Waals surface area contributed by atoms with Crippen LogP contribution in [0.25, 0.3) is 22.3 Å². The molecule has 1 amide bonds.